The van der Waals surface area contributed by atoms with Crippen LogP contribution in [0.4, 0.5) is 0 Å². The summed E-state index contributed by atoms with van der Waals surface area (Å²) in [6.07, 6.45) is 0.914. The fourth-order valence-electron chi connectivity index (χ4n) is 1.72. The SMILES string of the molecule is CC(C)CNCc1ccc(OCCc2cccs2)nn1. The average molecular weight is 291 g/mol. The second-order valence-electron chi connectivity index (χ2n) is 5.07. The summed E-state index contributed by atoms with van der Waals surface area (Å²) < 4.78 is 5.59. The lowest BCUT2D eigenvalue weighted by Crippen LogP contribution is -2.19. The molecule has 0 aliphatic heterocycles. The van der Waals surface area contributed by atoms with Gasteiger partial charge in [0.05, 0.1) is 12.3 Å². The van der Waals surface area contributed by atoms with Gasteiger partial charge in [-0.25, -0.2) is 0 Å². The van der Waals surface area contributed by atoms with Crippen molar-refractivity contribution in [2.45, 2.75) is 26.8 Å². The van der Waals surface area contributed by atoms with Gasteiger partial charge in [0.25, 0.3) is 0 Å². The van der Waals surface area contributed by atoms with Gasteiger partial charge in [-0.15, -0.1) is 16.4 Å². The van der Waals surface area contributed by atoms with Gasteiger partial charge in [-0.3, -0.25) is 0 Å². The van der Waals surface area contributed by atoms with Crippen LogP contribution < -0.4 is 10.1 Å². The van der Waals surface area contributed by atoms with Gasteiger partial charge in [0.1, 0.15) is 0 Å². The summed E-state index contributed by atoms with van der Waals surface area (Å²) in [5.74, 6) is 1.23. The molecule has 2 rings (SSSR count). The summed E-state index contributed by atoms with van der Waals surface area (Å²) in [6, 6.07) is 8.01. The summed E-state index contributed by atoms with van der Waals surface area (Å²) >= 11 is 1.75. The second kappa shape index (κ2) is 7.97. The fraction of sp³-hybridized carbons (Fsp3) is 0.467. The van der Waals surface area contributed by atoms with E-state index in [4.69, 9.17) is 4.74 Å². The minimum absolute atomic E-state index is 0.592. The standard InChI is InChI=1S/C15H21N3OS/c1-12(2)10-16-11-13-5-6-15(18-17-13)19-8-7-14-4-3-9-20-14/h3-6,9,12,16H,7-8,10-11H2,1-2H3. The number of aromatic nitrogens is 2. The van der Waals surface area contributed by atoms with E-state index in [2.05, 4.69) is 46.9 Å². The van der Waals surface area contributed by atoms with E-state index in [9.17, 15) is 0 Å². The Balaban J connectivity index is 1.71. The molecule has 5 heteroatoms. The van der Waals surface area contributed by atoms with Gasteiger partial charge in [0.15, 0.2) is 0 Å². The first-order chi connectivity index (χ1) is 9.74. The van der Waals surface area contributed by atoms with Crippen LogP contribution in [0.3, 0.4) is 0 Å². The van der Waals surface area contributed by atoms with Crippen LogP contribution >= 0.6 is 11.3 Å². The van der Waals surface area contributed by atoms with Crippen LogP contribution in [-0.2, 0) is 13.0 Å². The zero-order valence-corrected chi connectivity index (χ0v) is 12.8. The Morgan fingerprint density at radius 3 is 2.80 bits per heavy atom. The molecule has 0 fully saturated rings. The first-order valence-electron chi connectivity index (χ1n) is 6.92. The zero-order chi connectivity index (χ0) is 14.2. The molecular formula is C15H21N3OS. The summed E-state index contributed by atoms with van der Waals surface area (Å²) in [4.78, 5) is 1.33. The van der Waals surface area contributed by atoms with E-state index < -0.39 is 0 Å². The molecule has 0 unspecified atom stereocenters. The van der Waals surface area contributed by atoms with Gasteiger partial charge >= 0.3 is 0 Å². The summed E-state index contributed by atoms with van der Waals surface area (Å²) in [6.45, 7) is 6.74. The molecule has 2 aromatic heterocycles. The number of hydrogen-bond acceptors (Lipinski definition) is 5. The Morgan fingerprint density at radius 1 is 1.25 bits per heavy atom. The van der Waals surface area contributed by atoms with E-state index >= 15 is 0 Å². The minimum Gasteiger partial charge on any atom is -0.476 e. The van der Waals surface area contributed by atoms with Crippen LogP contribution in [0.1, 0.15) is 24.4 Å². The molecule has 4 nitrogen and oxygen atoms in total. The van der Waals surface area contributed by atoms with E-state index in [1.54, 1.807) is 11.3 Å². The lowest BCUT2D eigenvalue weighted by atomic mass is 10.2. The van der Waals surface area contributed by atoms with Crippen LogP contribution in [-0.4, -0.2) is 23.3 Å². The molecule has 2 heterocycles. The Bertz CT molecular complexity index is 482. The predicted molar refractivity (Wildman–Crippen MR) is 82.1 cm³/mol. The number of nitrogens with zero attached hydrogens (tertiary/aromatic N) is 2. The second-order valence-corrected chi connectivity index (χ2v) is 6.10. The fourth-order valence-corrected chi connectivity index (χ4v) is 2.41. The molecule has 0 radical (unpaired) electrons. The molecule has 0 spiro atoms. The molecular weight excluding hydrogens is 270 g/mol. The van der Waals surface area contributed by atoms with Crippen molar-refractivity contribution in [2.24, 2.45) is 5.92 Å². The highest BCUT2D eigenvalue weighted by Crippen LogP contribution is 2.10. The molecule has 0 aliphatic rings. The van der Waals surface area contributed by atoms with Crippen molar-refractivity contribution in [1.82, 2.24) is 15.5 Å². The van der Waals surface area contributed by atoms with E-state index in [1.165, 1.54) is 4.88 Å². The highest BCUT2D eigenvalue weighted by Gasteiger charge is 2.00. The third-order valence-corrected chi connectivity index (χ3v) is 3.67. The van der Waals surface area contributed by atoms with Gasteiger partial charge in [-0.2, -0.15) is 5.10 Å². The number of thiophene rings is 1. The third-order valence-electron chi connectivity index (χ3n) is 2.73. The molecule has 20 heavy (non-hydrogen) atoms. The van der Waals surface area contributed by atoms with Crippen molar-refractivity contribution < 1.29 is 4.74 Å². The highest BCUT2D eigenvalue weighted by molar-refractivity contribution is 7.09. The molecule has 0 bridgehead atoms. The highest BCUT2D eigenvalue weighted by atomic mass is 32.1. The molecule has 1 N–H and O–H groups in total. The lowest BCUT2D eigenvalue weighted by Gasteiger charge is -2.07. The first-order valence-corrected chi connectivity index (χ1v) is 7.80. The Hall–Kier alpha value is -1.46. The lowest BCUT2D eigenvalue weighted by molar-refractivity contribution is 0.306. The van der Waals surface area contributed by atoms with Gasteiger partial charge in [0, 0.05) is 23.9 Å². The smallest absolute Gasteiger partial charge is 0.233 e. The van der Waals surface area contributed by atoms with Crippen molar-refractivity contribution in [2.75, 3.05) is 13.2 Å². The van der Waals surface area contributed by atoms with Crippen molar-refractivity contribution in [3.63, 3.8) is 0 Å². The molecule has 2 aromatic rings. The summed E-state index contributed by atoms with van der Waals surface area (Å²) in [5.41, 5.74) is 0.941. The maximum absolute atomic E-state index is 5.59. The quantitative estimate of drug-likeness (QED) is 0.812. The monoisotopic (exact) mass is 291 g/mol. The molecule has 0 amide bonds. The van der Waals surface area contributed by atoms with Crippen LogP contribution in [0.25, 0.3) is 0 Å². The number of nitrogens with one attached hydrogen (secondary N) is 1. The minimum atomic E-state index is 0.592. The maximum Gasteiger partial charge on any atom is 0.233 e. The van der Waals surface area contributed by atoms with Crippen LogP contribution in [0.2, 0.25) is 0 Å². The van der Waals surface area contributed by atoms with Gasteiger partial charge in [0.2, 0.25) is 5.88 Å². The van der Waals surface area contributed by atoms with Crippen molar-refractivity contribution in [1.29, 1.82) is 0 Å². The van der Waals surface area contributed by atoms with Gasteiger partial charge in [-0.05, 0) is 30.0 Å². The summed E-state index contributed by atoms with van der Waals surface area (Å²) in [5, 5.41) is 13.7. The van der Waals surface area contributed by atoms with Gasteiger partial charge in [-0.1, -0.05) is 19.9 Å². The molecule has 108 valence electrons. The molecule has 0 saturated carbocycles. The third kappa shape index (κ3) is 5.27. The van der Waals surface area contributed by atoms with E-state index in [0.29, 0.717) is 18.4 Å². The summed E-state index contributed by atoms with van der Waals surface area (Å²) in [7, 11) is 0. The number of hydrogen-bond donors (Lipinski definition) is 1. The van der Waals surface area contributed by atoms with Gasteiger partial charge < -0.3 is 10.1 Å². The Kier molecular flexibility index (Phi) is 5.95. The number of ether oxygens (including phenoxy) is 1. The topological polar surface area (TPSA) is 47.0 Å². The average Bonchev–Trinajstić information content (AvgIpc) is 2.93. The largest absolute Gasteiger partial charge is 0.476 e. The molecule has 0 atom stereocenters. The predicted octanol–water partition coefficient (Wildman–Crippen LogP) is 2.91. The van der Waals surface area contributed by atoms with E-state index in [-0.39, 0.29) is 0 Å². The van der Waals surface area contributed by atoms with Crippen LogP contribution in [0.5, 0.6) is 5.88 Å². The van der Waals surface area contributed by atoms with Crippen LogP contribution in [0, 0.1) is 5.92 Å². The van der Waals surface area contributed by atoms with E-state index in [1.807, 2.05) is 12.1 Å². The van der Waals surface area contributed by atoms with Crippen molar-refractivity contribution >= 4 is 11.3 Å². The Morgan fingerprint density at radius 2 is 2.15 bits per heavy atom. The van der Waals surface area contributed by atoms with Crippen LogP contribution in [0.15, 0.2) is 29.6 Å². The molecule has 0 saturated heterocycles. The molecule has 0 aromatic carbocycles. The maximum atomic E-state index is 5.59. The first kappa shape index (κ1) is 14.9. The Labute approximate surface area is 124 Å². The number of rotatable bonds is 8. The zero-order valence-electron chi connectivity index (χ0n) is 12.0. The van der Waals surface area contributed by atoms with Crippen molar-refractivity contribution in [3.05, 3.63) is 40.2 Å². The normalized spacial score (nSPS) is 10.9. The molecule has 0 aliphatic carbocycles. The van der Waals surface area contributed by atoms with E-state index in [0.717, 1.165) is 25.2 Å². The van der Waals surface area contributed by atoms with Crippen molar-refractivity contribution in [3.8, 4) is 5.88 Å².